The molecule has 0 radical (unpaired) electrons. The summed E-state index contributed by atoms with van der Waals surface area (Å²) >= 11 is 0. The molecule has 650 valence electrons. The minimum absolute atomic E-state index is 0.115. The van der Waals surface area contributed by atoms with Crippen molar-refractivity contribution in [2.45, 2.75) is 157 Å². The molecule has 0 spiro atoms. The number of benzene rings is 17. The third-order valence-corrected chi connectivity index (χ3v) is 28.8. The van der Waals surface area contributed by atoms with E-state index in [1.54, 1.807) is 0 Å². The van der Waals surface area contributed by atoms with Crippen LogP contribution in [0.25, 0.3) is 154 Å². The lowest BCUT2D eigenvalue weighted by Crippen LogP contribution is -2.61. The van der Waals surface area contributed by atoms with E-state index in [0.29, 0.717) is 22.0 Å². The van der Waals surface area contributed by atoms with Gasteiger partial charge in [-0.25, -0.2) is 0 Å². The fraction of sp³-hybridized carbons (Fsp3) is 0.190. The van der Waals surface area contributed by atoms with Gasteiger partial charge in [-0.3, -0.25) is 0 Å². The number of hydrogen-bond acceptors (Lipinski definition) is 2. The van der Waals surface area contributed by atoms with E-state index in [1.807, 2.05) is 0 Å². The summed E-state index contributed by atoms with van der Waals surface area (Å²) in [5.74, 6) is 0. The zero-order chi connectivity index (χ0) is 95.1. The molecule has 0 atom stereocenters. The molecule has 0 aliphatic carbocycles. The van der Waals surface area contributed by atoms with Gasteiger partial charge in [-0.15, -0.1) is 0 Å². The Morgan fingerprint density at radius 2 is 0.481 bits per heavy atom. The maximum atomic E-state index is 10.8. The quantitative estimate of drug-likeness (QED) is 0.128. The van der Waals surface area contributed by atoms with E-state index in [2.05, 4.69) is 486 Å². The second-order valence-corrected chi connectivity index (χ2v) is 43.5. The zero-order valence-corrected chi connectivity index (χ0v) is 79.5. The Morgan fingerprint density at radius 1 is 0.211 bits per heavy atom. The van der Waals surface area contributed by atoms with Gasteiger partial charge in [0.15, 0.2) is 0 Å². The van der Waals surface area contributed by atoms with Crippen molar-refractivity contribution in [2.24, 2.45) is 0 Å². The van der Waals surface area contributed by atoms with Gasteiger partial charge in [-0.1, -0.05) is 337 Å². The fourth-order valence-corrected chi connectivity index (χ4v) is 21.6. The molecule has 4 aromatic heterocycles. The van der Waals surface area contributed by atoms with Gasteiger partial charge in [-0.2, -0.15) is 0 Å². The van der Waals surface area contributed by atoms with Crippen LogP contribution in [0.3, 0.4) is 0 Å². The van der Waals surface area contributed by atoms with Crippen LogP contribution < -0.4 is 26.2 Å². The van der Waals surface area contributed by atoms with Gasteiger partial charge >= 0.3 is 0 Å². The molecule has 0 fully saturated rings. The fourth-order valence-electron chi connectivity index (χ4n) is 21.6. The normalized spacial score (nSPS) is 13.7. The van der Waals surface area contributed by atoms with E-state index < -0.39 is 6.71 Å². The van der Waals surface area contributed by atoms with Gasteiger partial charge in [0, 0.05) is 105 Å². The SMILES string of the molecule is [2H]c1c([2H])c([2H])c2c(c1[2H])c1cc(-n3c4ccccc4c4ccccc43)ccc1n2-c1cc2c3c(c1)N(c1c(-c4ccccc4)cc(C(C)(C)C)cc1-c1ccccc1)c1cc(-n4c5ccc(C(C)(C)C)cc5c5cc(C(C)(C)C)ccc54)ccc1B3c1ccc(-n3c4ccc(C(C)(C)C)cc4c4cc(C(C)(C)C)ccc43)cc1N2c1c(-c2ccccc2)cc(C(C)(C)C)cc1-c1ccccc1. The van der Waals surface area contributed by atoms with Crippen molar-refractivity contribution in [1.29, 1.82) is 0 Å². The number of nitrogens with zero attached hydrogens (tertiary/aromatic N) is 6. The molecule has 0 saturated heterocycles. The minimum atomic E-state index is -0.494. The molecule has 0 bridgehead atoms. The molecule has 2 aliphatic rings. The van der Waals surface area contributed by atoms with E-state index in [1.165, 1.54) is 54.9 Å². The van der Waals surface area contributed by atoms with Crippen molar-refractivity contribution in [2.75, 3.05) is 9.80 Å². The Kier molecular flexibility index (Phi) is 17.7. The second kappa shape index (κ2) is 30.1. The van der Waals surface area contributed by atoms with Crippen molar-refractivity contribution in [3.63, 3.8) is 0 Å². The van der Waals surface area contributed by atoms with E-state index in [9.17, 15) is 5.48 Å². The van der Waals surface area contributed by atoms with Crippen LogP contribution in [-0.4, -0.2) is 25.0 Å². The largest absolute Gasteiger partial charge is 0.310 e. The van der Waals surface area contributed by atoms with Crippen LogP contribution in [0, 0.1) is 0 Å². The first-order chi connectivity index (χ1) is 65.4. The van der Waals surface area contributed by atoms with E-state index in [4.69, 9.17) is 0 Å². The van der Waals surface area contributed by atoms with Crippen LogP contribution in [0.1, 0.15) is 163 Å². The number of hydrogen-bond donors (Lipinski definition) is 0. The van der Waals surface area contributed by atoms with E-state index in [-0.39, 0.29) is 56.7 Å². The van der Waals surface area contributed by atoms with Crippen LogP contribution in [0.4, 0.5) is 34.1 Å². The third-order valence-electron chi connectivity index (χ3n) is 28.8. The summed E-state index contributed by atoms with van der Waals surface area (Å²) in [7, 11) is 0. The van der Waals surface area contributed by atoms with Crippen LogP contribution in [0.2, 0.25) is 0 Å². The van der Waals surface area contributed by atoms with Crippen molar-refractivity contribution >= 4 is 144 Å². The van der Waals surface area contributed by atoms with Crippen LogP contribution in [0.5, 0.6) is 0 Å². The van der Waals surface area contributed by atoms with Gasteiger partial charge < -0.3 is 28.1 Å². The standard InChI is InChI=1S/C126H113BN6/c1-121(2,3)82-51-60-109-99(65-82)100-66-83(122(4,5)6)52-61-110(100)129(109)89-55-58-104-114(74-89)132(119-95(78-37-23-19-24-38-78)69-86(125(13,14)15)70-96(119)79-39-25-20-26-40-79)116-76-91(131-108-50-36-33-47-94(108)103-73-88(57-64-113(103)131)128-106-48-34-31-45-92(106)93-46-32-35-49-107(93)128)77-117-118(116)127(104)105-59-56-90(130-111-62-53-84(123(7,8)9)67-101(111)102-68-85(124(10,11)12)54-63-112(102)130)75-115(105)133(117)120-97(80-41-27-21-28-42-80)71-87(126(16,17)18)72-98(120)81-43-29-22-30-44-81/h19-77H,1-18H3/i33D,36D,47D,50D. The average molecular weight is 1730 g/mol. The Balaban J connectivity index is 0.941. The van der Waals surface area contributed by atoms with Crippen molar-refractivity contribution in [3.05, 3.63) is 391 Å². The summed E-state index contributed by atoms with van der Waals surface area (Å²) in [6, 6.07) is 125. The molecule has 0 N–H and O–H groups in total. The Hall–Kier alpha value is -14.4. The molecular weight excluding hydrogens is 1610 g/mol. The van der Waals surface area contributed by atoms with Crippen LogP contribution in [-0.2, 0) is 32.5 Å². The molecule has 21 aromatic rings. The van der Waals surface area contributed by atoms with Crippen LogP contribution >= 0.6 is 0 Å². The summed E-state index contributed by atoms with van der Waals surface area (Å²) in [5, 5.41) is 8.11. The Bertz CT molecular complexity index is 7940. The first-order valence-corrected chi connectivity index (χ1v) is 47.3. The summed E-state index contributed by atoms with van der Waals surface area (Å²) in [5.41, 5.74) is 34.6. The average Bonchev–Trinajstić information content (AvgIpc) is 1.53. The highest BCUT2D eigenvalue weighted by Crippen LogP contribution is 2.57. The molecule has 17 aromatic carbocycles. The third kappa shape index (κ3) is 13.5. The Labute approximate surface area is 788 Å². The van der Waals surface area contributed by atoms with Crippen molar-refractivity contribution in [3.8, 4) is 67.3 Å². The molecule has 0 saturated carbocycles. The van der Waals surface area contributed by atoms with E-state index >= 15 is 0 Å². The lowest BCUT2D eigenvalue weighted by Gasteiger charge is -2.46. The first kappa shape index (κ1) is 78.4. The van der Waals surface area contributed by atoms with Gasteiger partial charge in [0.05, 0.1) is 66.7 Å². The molecule has 7 heteroatoms. The van der Waals surface area contributed by atoms with Gasteiger partial charge in [0.2, 0.25) is 0 Å². The lowest BCUT2D eigenvalue weighted by atomic mass is 9.33. The number of anilines is 6. The topological polar surface area (TPSA) is 26.2 Å². The first-order valence-electron chi connectivity index (χ1n) is 49.3. The molecule has 0 unspecified atom stereocenters. The summed E-state index contributed by atoms with van der Waals surface area (Å²) < 4.78 is 50.8. The highest BCUT2D eigenvalue weighted by atomic mass is 15.2. The van der Waals surface area contributed by atoms with Crippen molar-refractivity contribution in [1.82, 2.24) is 18.3 Å². The molecule has 6 nitrogen and oxygen atoms in total. The predicted molar refractivity (Wildman–Crippen MR) is 572 cm³/mol. The van der Waals surface area contributed by atoms with Crippen LogP contribution in [0.15, 0.2) is 358 Å². The second-order valence-electron chi connectivity index (χ2n) is 43.5. The highest BCUT2D eigenvalue weighted by Gasteiger charge is 2.47. The molecule has 6 heterocycles. The molecular formula is C126H113BN6. The summed E-state index contributed by atoms with van der Waals surface area (Å²) in [4.78, 5) is 5.29. The smallest absolute Gasteiger partial charge is 0.252 e. The maximum Gasteiger partial charge on any atom is 0.252 e. The molecule has 133 heavy (non-hydrogen) atoms. The summed E-state index contributed by atoms with van der Waals surface area (Å²) in [6.07, 6.45) is 0. The molecule has 23 rings (SSSR count). The number of rotatable bonds is 10. The zero-order valence-electron chi connectivity index (χ0n) is 83.5. The number of fused-ring (bicyclic) bond motifs is 16. The van der Waals surface area contributed by atoms with Gasteiger partial charge in [-0.05, 0) is 250 Å². The van der Waals surface area contributed by atoms with Crippen molar-refractivity contribution < 1.29 is 5.48 Å². The molecule has 2 aliphatic heterocycles. The Morgan fingerprint density at radius 3 is 0.820 bits per heavy atom. The number of aromatic nitrogens is 4. The van der Waals surface area contributed by atoms with Gasteiger partial charge in [0.1, 0.15) is 0 Å². The monoisotopic (exact) mass is 1720 g/mol. The predicted octanol–water partition coefficient (Wildman–Crippen LogP) is 32.6. The molecule has 0 amide bonds. The number of para-hydroxylation sites is 3. The van der Waals surface area contributed by atoms with Gasteiger partial charge in [0.25, 0.3) is 6.71 Å². The van der Waals surface area contributed by atoms with E-state index in [0.717, 1.165) is 161 Å². The lowest BCUT2D eigenvalue weighted by molar-refractivity contribution is 0.590. The maximum absolute atomic E-state index is 10.8. The summed E-state index contributed by atoms with van der Waals surface area (Å²) in [6.45, 7) is 41.3. The highest BCUT2D eigenvalue weighted by molar-refractivity contribution is 7.00. The minimum Gasteiger partial charge on any atom is -0.310 e.